The molecule has 32 heavy (non-hydrogen) atoms. The number of methoxy groups -OCH3 is 1. The molecule has 0 N–H and O–H groups in total. The molecule has 1 amide bonds. The predicted octanol–water partition coefficient (Wildman–Crippen LogP) is 4.01. The fourth-order valence-corrected chi connectivity index (χ4v) is 4.33. The molecule has 1 aromatic heterocycles. The van der Waals surface area contributed by atoms with Gasteiger partial charge >= 0.3 is 5.97 Å². The SMILES string of the molecule is COC(=O)[C@H](c1ccccc1Cl)N1CCN(C(=O)c2cc3ccc(F)cc3nc2C)CC1. The van der Waals surface area contributed by atoms with E-state index in [-0.39, 0.29) is 17.7 Å². The summed E-state index contributed by atoms with van der Waals surface area (Å²) >= 11 is 6.34. The van der Waals surface area contributed by atoms with Gasteiger partial charge in [-0.05, 0) is 36.8 Å². The fourth-order valence-electron chi connectivity index (χ4n) is 4.09. The molecular formula is C24H23ClFN3O3. The molecule has 2 aromatic carbocycles. The highest BCUT2D eigenvalue weighted by Gasteiger charge is 2.34. The van der Waals surface area contributed by atoms with E-state index < -0.39 is 6.04 Å². The minimum atomic E-state index is -0.634. The van der Waals surface area contributed by atoms with E-state index in [0.717, 1.165) is 0 Å². The predicted molar refractivity (Wildman–Crippen MR) is 120 cm³/mol. The first-order valence-electron chi connectivity index (χ1n) is 10.3. The second-order valence-corrected chi connectivity index (χ2v) is 8.14. The monoisotopic (exact) mass is 455 g/mol. The molecule has 8 heteroatoms. The molecule has 0 bridgehead atoms. The van der Waals surface area contributed by atoms with Crippen molar-refractivity contribution in [1.82, 2.24) is 14.8 Å². The molecule has 1 fully saturated rings. The Hall–Kier alpha value is -3.03. The van der Waals surface area contributed by atoms with Gasteiger partial charge in [-0.25, -0.2) is 9.18 Å². The number of amides is 1. The number of halogens is 2. The van der Waals surface area contributed by atoms with Gasteiger partial charge in [0.25, 0.3) is 5.91 Å². The maximum atomic E-state index is 13.5. The molecule has 1 aliphatic heterocycles. The van der Waals surface area contributed by atoms with Gasteiger partial charge in [0.1, 0.15) is 11.9 Å². The number of esters is 1. The van der Waals surface area contributed by atoms with Gasteiger partial charge in [-0.2, -0.15) is 0 Å². The summed E-state index contributed by atoms with van der Waals surface area (Å²) in [6.07, 6.45) is 0. The van der Waals surface area contributed by atoms with E-state index in [4.69, 9.17) is 16.3 Å². The van der Waals surface area contributed by atoms with Gasteiger partial charge in [0.2, 0.25) is 0 Å². The van der Waals surface area contributed by atoms with Crippen LogP contribution in [0.25, 0.3) is 10.9 Å². The van der Waals surface area contributed by atoms with Crippen molar-refractivity contribution in [2.45, 2.75) is 13.0 Å². The lowest BCUT2D eigenvalue weighted by Gasteiger charge is -2.38. The summed E-state index contributed by atoms with van der Waals surface area (Å²) in [6, 6.07) is 12.7. The van der Waals surface area contributed by atoms with E-state index in [9.17, 15) is 14.0 Å². The highest BCUT2D eigenvalue weighted by atomic mass is 35.5. The normalized spacial score (nSPS) is 15.6. The lowest BCUT2D eigenvalue weighted by Crippen LogP contribution is -2.51. The molecule has 0 spiro atoms. The smallest absolute Gasteiger partial charge is 0.327 e. The number of carbonyl (C=O) groups excluding carboxylic acids is 2. The zero-order chi connectivity index (χ0) is 22.8. The summed E-state index contributed by atoms with van der Waals surface area (Å²) < 4.78 is 18.5. The van der Waals surface area contributed by atoms with E-state index in [2.05, 4.69) is 4.98 Å². The summed E-state index contributed by atoms with van der Waals surface area (Å²) in [6.45, 7) is 3.61. The van der Waals surface area contributed by atoms with Gasteiger partial charge in [0.15, 0.2) is 0 Å². The van der Waals surface area contributed by atoms with Gasteiger partial charge in [0, 0.05) is 42.7 Å². The van der Waals surface area contributed by atoms with Crippen molar-refractivity contribution in [3.63, 3.8) is 0 Å². The van der Waals surface area contributed by atoms with Crippen LogP contribution in [0.3, 0.4) is 0 Å². The third-order valence-corrected chi connectivity index (χ3v) is 6.14. The van der Waals surface area contributed by atoms with Crippen molar-refractivity contribution >= 4 is 34.4 Å². The highest BCUT2D eigenvalue weighted by Crippen LogP contribution is 2.30. The van der Waals surface area contributed by atoms with Crippen LogP contribution >= 0.6 is 11.6 Å². The van der Waals surface area contributed by atoms with Crippen molar-refractivity contribution in [1.29, 1.82) is 0 Å². The molecule has 0 saturated carbocycles. The molecule has 4 rings (SSSR count). The summed E-state index contributed by atoms with van der Waals surface area (Å²) in [5, 5.41) is 1.21. The van der Waals surface area contributed by atoms with E-state index in [1.807, 2.05) is 23.1 Å². The van der Waals surface area contributed by atoms with Gasteiger partial charge < -0.3 is 9.64 Å². The number of fused-ring (bicyclic) bond motifs is 1. The number of hydrogen-bond donors (Lipinski definition) is 0. The molecule has 6 nitrogen and oxygen atoms in total. The Bertz CT molecular complexity index is 1180. The number of benzene rings is 2. The van der Waals surface area contributed by atoms with Crippen LogP contribution in [0, 0.1) is 12.7 Å². The van der Waals surface area contributed by atoms with E-state index in [0.29, 0.717) is 58.9 Å². The quantitative estimate of drug-likeness (QED) is 0.556. The second-order valence-electron chi connectivity index (χ2n) is 7.73. The van der Waals surface area contributed by atoms with Crippen molar-refractivity contribution in [2.24, 2.45) is 0 Å². The van der Waals surface area contributed by atoms with Crippen molar-refractivity contribution in [3.05, 3.63) is 76.2 Å². The molecule has 1 aliphatic rings. The van der Waals surface area contributed by atoms with Gasteiger partial charge in [0.05, 0.1) is 23.9 Å². The molecule has 3 aromatic rings. The zero-order valence-electron chi connectivity index (χ0n) is 17.8. The number of aryl methyl sites for hydroxylation is 1. The van der Waals surface area contributed by atoms with Crippen LogP contribution in [0.2, 0.25) is 5.02 Å². The van der Waals surface area contributed by atoms with Crippen molar-refractivity contribution in [3.8, 4) is 0 Å². The van der Waals surface area contributed by atoms with Crippen LogP contribution in [-0.4, -0.2) is 59.9 Å². The largest absolute Gasteiger partial charge is 0.468 e. The number of piperazine rings is 1. The topological polar surface area (TPSA) is 62.7 Å². The standard InChI is InChI=1S/C24H23ClFN3O3/c1-15-19(13-16-7-8-17(26)14-21(16)27-15)23(30)29-11-9-28(10-12-29)22(24(31)32-2)18-5-3-4-6-20(18)25/h3-8,13-14,22H,9-12H2,1-2H3/t22-/m0/s1. The Morgan fingerprint density at radius 2 is 1.81 bits per heavy atom. The van der Waals surface area contributed by atoms with Crippen LogP contribution in [0.5, 0.6) is 0 Å². The second kappa shape index (κ2) is 9.22. The number of ether oxygens (including phenoxy) is 1. The lowest BCUT2D eigenvalue weighted by atomic mass is 10.0. The number of rotatable bonds is 4. The molecule has 166 valence electrons. The zero-order valence-corrected chi connectivity index (χ0v) is 18.6. The molecule has 0 unspecified atom stereocenters. The summed E-state index contributed by atoms with van der Waals surface area (Å²) in [4.78, 5) is 33.9. The first-order valence-corrected chi connectivity index (χ1v) is 10.7. The number of nitrogens with zero attached hydrogens (tertiary/aromatic N) is 3. The van der Waals surface area contributed by atoms with Gasteiger partial charge in [-0.15, -0.1) is 0 Å². The lowest BCUT2D eigenvalue weighted by molar-refractivity contribution is -0.148. The maximum absolute atomic E-state index is 13.5. The first-order chi connectivity index (χ1) is 15.4. The summed E-state index contributed by atoms with van der Waals surface area (Å²) in [7, 11) is 1.35. The molecule has 0 aliphatic carbocycles. The Kier molecular flexibility index (Phi) is 6.39. The molecule has 1 atom stereocenters. The number of pyridine rings is 1. The van der Waals surface area contributed by atoms with Crippen LogP contribution < -0.4 is 0 Å². The maximum Gasteiger partial charge on any atom is 0.327 e. The fraction of sp³-hybridized carbons (Fsp3) is 0.292. The van der Waals surface area contributed by atoms with Gasteiger partial charge in [-0.1, -0.05) is 29.8 Å². The number of carbonyl (C=O) groups is 2. The Balaban J connectivity index is 1.53. The average Bonchev–Trinajstić information content (AvgIpc) is 2.80. The van der Waals surface area contributed by atoms with Crippen molar-refractivity contribution in [2.75, 3.05) is 33.3 Å². The summed E-state index contributed by atoms with van der Waals surface area (Å²) in [5.74, 6) is -0.883. The molecular weight excluding hydrogens is 433 g/mol. The first kappa shape index (κ1) is 22.2. The van der Waals surface area contributed by atoms with Crippen molar-refractivity contribution < 1.29 is 18.7 Å². The number of aromatic nitrogens is 1. The third kappa shape index (κ3) is 4.31. The van der Waals surface area contributed by atoms with Crippen LogP contribution in [0.15, 0.2) is 48.5 Å². The Morgan fingerprint density at radius 1 is 1.09 bits per heavy atom. The van der Waals surface area contributed by atoms with E-state index in [1.54, 1.807) is 30.0 Å². The highest BCUT2D eigenvalue weighted by molar-refractivity contribution is 6.31. The summed E-state index contributed by atoms with van der Waals surface area (Å²) in [5.41, 5.74) is 2.25. The van der Waals surface area contributed by atoms with E-state index >= 15 is 0 Å². The van der Waals surface area contributed by atoms with Crippen LogP contribution in [0.4, 0.5) is 4.39 Å². The minimum Gasteiger partial charge on any atom is -0.468 e. The molecule has 2 heterocycles. The van der Waals surface area contributed by atoms with E-state index in [1.165, 1.54) is 19.2 Å². The molecule has 0 radical (unpaired) electrons. The Labute approximate surface area is 190 Å². The average molecular weight is 456 g/mol. The van der Waals surface area contributed by atoms with Crippen LogP contribution in [0.1, 0.15) is 27.7 Å². The van der Waals surface area contributed by atoms with Gasteiger partial charge in [-0.3, -0.25) is 14.7 Å². The Morgan fingerprint density at radius 3 is 2.50 bits per heavy atom. The minimum absolute atomic E-state index is 0.131. The van der Waals surface area contributed by atoms with Crippen LogP contribution in [-0.2, 0) is 9.53 Å². The third-order valence-electron chi connectivity index (χ3n) is 5.79. The molecule has 1 saturated heterocycles. The number of hydrogen-bond acceptors (Lipinski definition) is 5.